The van der Waals surface area contributed by atoms with Gasteiger partial charge in [0.05, 0.1) is 12.6 Å². The Morgan fingerprint density at radius 2 is 2.00 bits per heavy atom. The molecule has 0 unspecified atom stereocenters. The van der Waals surface area contributed by atoms with Crippen molar-refractivity contribution in [1.82, 2.24) is 24.6 Å². The van der Waals surface area contributed by atoms with Gasteiger partial charge in [0.1, 0.15) is 5.82 Å². The van der Waals surface area contributed by atoms with Gasteiger partial charge in [0.15, 0.2) is 5.82 Å². The second-order valence-electron chi connectivity index (χ2n) is 5.85. The van der Waals surface area contributed by atoms with Crippen molar-refractivity contribution in [2.45, 2.75) is 51.9 Å². The zero-order valence-electron chi connectivity index (χ0n) is 11.6. The average Bonchev–Trinajstić information content (AvgIpc) is 2.92. The SMILES string of the molecule is CC(C)N1CCC[C@H]1c1nnc2n1CCN(C)C2. The Morgan fingerprint density at radius 3 is 2.78 bits per heavy atom. The number of hydrogen-bond donors (Lipinski definition) is 0. The monoisotopic (exact) mass is 249 g/mol. The van der Waals surface area contributed by atoms with Gasteiger partial charge in [0.25, 0.3) is 0 Å². The molecule has 100 valence electrons. The van der Waals surface area contributed by atoms with Gasteiger partial charge in [-0.1, -0.05) is 0 Å². The third kappa shape index (κ3) is 1.95. The third-order valence-corrected chi connectivity index (χ3v) is 4.23. The van der Waals surface area contributed by atoms with E-state index in [0.29, 0.717) is 12.1 Å². The van der Waals surface area contributed by atoms with Crippen LogP contribution in [0.25, 0.3) is 0 Å². The van der Waals surface area contributed by atoms with Crippen molar-refractivity contribution in [2.24, 2.45) is 0 Å². The minimum absolute atomic E-state index is 0.481. The van der Waals surface area contributed by atoms with Gasteiger partial charge < -0.3 is 4.57 Å². The second kappa shape index (κ2) is 4.63. The van der Waals surface area contributed by atoms with Crippen LogP contribution in [0.1, 0.15) is 44.4 Å². The first-order chi connectivity index (χ1) is 8.66. The highest BCUT2D eigenvalue weighted by Crippen LogP contribution is 2.33. The molecule has 0 aliphatic carbocycles. The molecule has 2 aliphatic heterocycles. The molecule has 1 saturated heterocycles. The zero-order chi connectivity index (χ0) is 12.7. The molecule has 5 nitrogen and oxygen atoms in total. The third-order valence-electron chi connectivity index (χ3n) is 4.23. The first kappa shape index (κ1) is 12.1. The lowest BCUT2D eigenvalue weighted by molar-refractivity contribution is 0.188. The van der Waals surface area contributed by atoms with Gasteiger partial charge in [0.2, 0.25) is 0 Å². The predicted molar refractivity (Wildman–Crippen MR) is 70.2 cm³/mol. The molecule has 0 saturated carbocycles. The van der Waals surface area contributed by atoms with Crippen molar-refractivity contribution in [2.75, 3.05) is 20.1 Å². The van der Waals surface area contributed by atoms with Crippen molar-refractivity contribution >= 4 is 0 Å². The molecule has 2 aliphatic rings. The van der Waals surface area contributed by atoms with E-state index in [2.05, 4.69) is 45.5 Å². The van der Waals surface area contributed by atoms with Crippen molar-refractivity contribution in [3.05, 3.63) is 11.6 Å². The molecule has 5 heteroatoms. The highest BCUT2D eigenvalue weighted by atomic mass is 15.4. The Balaban J connectivity index is 1.89. The number of aromatic nitrogens is 3. The average molecular weight is 249 g/mol. The van der Waals surface area contributed by atoms with Crippen molar-refractivity contribution < 1.29 is 0 Å². The molecule has 0 spiro atoms. The smallest absolute Gasteiger partial charge is 0.150 e. The fourth-order valence-corrected chi connectivity index (χ4v) is 3.23. The van der Waals surface area contributed by atoms with Crippen LogP contribution < -0.4 is 0 Å². The molecule has 1 fully saturated rings. The van der Waals surface area contributed by atoms with Gasteiger partial charge in [-0.2, -0.15) is 0 Å². The summed E-state index contributed by atoms with van der Waals surface area (Å²) in [5, 5.41) is 8.88. The molecule has 1 aromatic rings. The normalized spacial score (nSPS) is 25.9. The number of likely N-dealkylation sites (tertiary alicyclic amines) is 1. The van der Waals surface area contributed by atoms with E-state index in [-0.39, 0.29) is 0 Å². The molecule has 0 amide bonds. The summed E-state index contributed by atoms with van der Waals surface area (Å²) in [6.07, 6.45) is 2.51. The lowest BCUT2D eigenvalue weighted by atomic mass is 10.2. The van der Waals surface area contributed by atoms with Gasteiger partial charge in [0, 0.05) is 19.1 Å². The number of hydrogen-bond acceptors (Lipinski definition) is 4. The second-order valence-corrected chi connectivity index (χ2v) is 5.85. The van der Waals surface area contributed by atoms with E-state index in [1.54, 1.807) is 0 Å². The van der Waals surface area contributed by atoms with Gasteiger partial charge in [-0.3, -0.25) is 9.80 Å². The van der Waals surface area contributed by atoms with Gasteiger partial charge in [-0.05, 0) is 40.3 Å². The molecular formula is C13H23N5. The van der Waals surface area contributed by atoms with Crippen molar-refractivity contribution in [3.63, 3.8) is 0 Å². The van der Waals surface area contributed by atoms with Gasteiger partial charge >= 0.3 is 0 Å². The lowest BCUT2D eigenvalue weighted by Crippen LogP contribution is -2.35. The van der Waals surface area contributed by atoms with E-state index >= 15 is 0 Å². The Bertz CT molecular complexity index is 425. The van der Waals surface area contributed by atoms with Crippen LogP contribution in [0.2, 0.25) is 0 Å². The van der Waals surface area contributed by atoms with Crippen LogP contribution in [0, 0.1) is 0 Å². The number of nitrogens with zero attached hydrogens (tertiary/aromatic N) is 5. The summed E-state index contributed by atoms with van der Waals surface area (Å²) >= 11 is 0. The van der Waals surface area contributed by atoms with Crippen LogP contribution in [-0.4, -0.2) is 50.7 Å². The van der Waals surface area contributed by atoms with Crippen LogP contribution in [0.3, 0.4) is 0 Å². The molecule has 0 radical (unpaired) electrons. The molecule has 0 bridgehead atoms. The summed E-state index contributed by atoms with van der Waals surface area (Å²) in [5.74, 6) is 2.33. The lowest BCUT2D eigenvalue weighted by Gasteiger charge is -2.30. The van der Waals surface area contributed by atoms with E-state index in [4.69, 9.17) is 0 Å². The summed E-state index contributed by atoms with van der Waals surface area (Å²) in [4.78, 5) is 4.87. The zero-order valence-corrected chi connectivity index (χ0v) is 11.6. The fourth-order valence-electron chi connectivity index (χ4n) is 3.23. The molecule has 0 aromatic carbocycles. The molecule has 1 atom stereocenters. The topological polar surface area (TPSA) is 37.2 Å². The Morgan fingerprint density at radius 1 is 1.17 bits per heavy atom. The Labute approximate surface area is 109 Å². The maximum absolute atomic E-state index is 4.49. The quantitative estimate of drug-likeness (QED) is 0.791. The summed E-state index contributed by atoms with van der Waals surface area (Å²) < 4.78 is 2.35. The first-order valence-electron chi connectivity index (χ1n) is 7.03. The highest BCUT2D eigenvalue weighted by Gasteiger charge is 2.33. The van der Waals surface area contributed by atoms with Gasteiger partial charge in [-0.25, -0.2) is 0 Å². The molecule has 18 heavy (non-hydrogen) atoms. The van der Waals surface area contributed by atoms with Crippen LogP contribution in [0.5, 0.6) is 0 Å². The largest absolute Gasteiger partial charge is 0.311 e. The number of likely N-dealkylation sites (N-methyl/N-ethyl adjacent to an activating group) is 1. The molecule has 1 aromatic heterocycles. The van der Waals surface area contributed by atoms with E-state index in [9.17, 15) is 0 Å². The number of rotatable bonds is 2. The van der Waals surface area contributed by atoms with Crippen LogP contribution in [-0.2, 0) is 13.1 Å². The number of fused-ring (bicyclic) bond motifs is 1. The highest BCUT2D eigenvalue weighted by molar-refractivity contribution is 5.06. The van der Waals surface area contributed by atoms with E-state index < -0.39 is 0 Å². The van der Waals surface area contributed by atoms with Gasteiger partial charge in [-0.15, -0.1) is 10.2 Å². The molecule has 3 heterocycles. The summed E-state index contributed by atoms with van der Waals surface area (Å²) in [6.45, 7) is 8.83. The summed E-state index contributed by atoms with van der Waals surface area (Å²) in [5.41, 5.74) is 0. The fraction of sp³-hybridized carbons (Fsp3) is 0.846. The van der Waals surface area contributed by atoms with Crippen molar-refractivity contribution in [3.8, 4) is 0 Å². The van der Waals surface area contributed by atoms with Crippen molar-refractivity contribution in [1.29, 1.82) is 0 Å². The minimum Gasteiger partial charge on any atom is -0.311 e. The minimum atomic E-state index is 0.481. The van der Waals surface area contributed by atoms with E-state index in [1.165, 1.54) is 25.2 Å². The molecule has 0 N–H and O–H groups in total. The molecule has 3 rings (SSSR count). The maximum atomic E-state index is 4.49. The first-order valence-corrected chi connectivity index (χ1v) is 7.03. The summed E-state index contributed by atoms with van der Waals surface area (Å²) in [6, 6.07) is 1.08. The summed E-state index contributed by atoms with van der Waals surface area (Å²) in [7, 11) is 2.15. The Hall–Kier alpha value is -0.940. The van der Waals surface area contributed by atoms with E-state index in [0.717, 1.165) is 25.5 Å². The standard InChI is InChI=1S/C13H23N5/c1-10(2)17-6-4-5-11(17)13-15-14-12-9-16(3)7-8-18(12)13/h10-11H,4-9H2,1-3H3/t11-/m0/s1. The predicted octanol–water partition coefficient (Wildman–Crippen LogP) is 1.27. The van der Waals surface area contributed by atoms with Crippen LogP contribution in [0.4, 0.5) is 0 Å². The van der Waals surface area contributed by atoms with E-state index in [1.807, 2.05) is 0 Å². The Kier molecular flexibility index (Phi) is 3.11. The maximum Gasteiger partial charge on any atom is 0.150 e. The van der Waals surface area contributed by atoms with Crippen LogP contribution >= 0.6 is 0 Å². The molecular weight excluding hydrogens is 226 g/mol. The van der Waals surface area contributed by atoms with Crippen LogP contribution in [0.15, 0.2) is 0 Å².